The molecule has 10 heteroatoms. The zero-order chi connectivity index (χ0) is 62.3. The van der Waals surface area contributed by atoms with Gasteiger partial charge < -0.3 is 19.3 Å². The van der Waals surface area contributed by atoms with Crippen LogP contribution >= 0.6 is 45.3 Å². The fourth-order valence-corrected chi connectivity index (χ4v) is 17.2. The zero-order valence-corrected chi connectivity index (χ0v) is 59.6. The Hall–Kier alpha value is -3.96. The molecular formula is C78H116N2O4S4. The van der Waals surface area contributed by atoms with Crippen molar-refractivity contribution >= 4 is 89.5 Å². The minimum atomic E-state index is 0.0342. The van der Waals surface area contributed by atoms with Crippen LogP contribution in [0.25, 0.3) is 42.1 Å². The highest BCUT2D eigenvalue weighted by Gasteiger charge is 2.47. The number of unbranched alkanes of at least 4 members (excludes halogenated alkanes) is 26. The first-order valence-electron chi connectivity index (χ1n) is 36.0. The third kappa shape index (κ3) is 21.6. The Morgan fingerprint density at radius 1 is 0.386 bits per heavy atom. The standard InChI is InChI=1S/C78H116N2O4S4/c1-9-15-21-25-27-29-31-33-35-39-53-83-73-67-55-60(8)86-75(67)74(84-54-40-36-34-32-30-28-26-22-16-10-2)68-56-70(88-76(68)73)69-52-49-64(87-69)48-51-66-72-71(79(78(66)82)57-61(41-19-13-5)43-37-23-17-11-3)65(50-47-63-46-45-59(7)85-63)77(81)80(72)58-62(42-20-14-6)44-38-24-18-12-4/h45-52,55-56,61-62H,9-44,53-54,57-58H2,1-8H3/b50-47+,51-48+. The number of ether oxygens (including phenoxy) is 2. The highest BCUT2D eigenvalue weighted by Crippen LogP contribution is 2.52. The molecule has 88 heavy (non-hydrogen) atoms. The second-order valence-corrected chi connectivity index (χ2v) is 30.8. The number of amides is 2. The van der Waals surface area contributed by atoms with Crippen LogP contribution in [0.3, 0.4) is 0 Å². The SMILES string of the molecule is CCCCCCCCCCCCOc1c2cc(-c3ccc(/C=C/C4=C5C(=C(/C=C/c6ccc(C)s6)C(=O)N5CC(CCCC)CCCCCC)N(CC(CCCC)CCCCCC)C4=O)s3)sc2c(OCCCCCCCCCCCC)c2cc(C)sc12. The Morgan fingerprint density at radius 2 is 0.773 bits per heavy atom. The average molecular weight is 1270 g/mol. The molecule has 0 saturated heterocycles. The number of fused-ring (bicyclic) bond motifs is 3. The fraction of sp³-hybridized carbons (Fsp3) is 0.641. The summed E-state index contributed by atoms with van der Waals surface area (Å²) in [5, 5.41) is 2.34. The molecule has 486 valence electrons. The van der Waals surface area contributed by atoms with Crippen molar-refractivity contribution in [2.24, 2.45) is 11.8 Å². The van der Waals surface area contributed by atoms with Crippen LogP contribution in [0.1, 0.15) is 292 Å². The molecule has 6 nitrogen and oxygen atoms in total. The van der Waals surface area contributed by atoms with Gasteiger partial charge in [-0.25, -0.2) is 0 Å². The highest BCUT2D eigenvalue weighted by atomic mass is 32.1. The molecule has 5 aromatic rings. The lowest BCUT2D eigenvalue weighted by Crippen LogP contribution is -2.32. The smallest absolute Gasteiger partial charge is 0.260 e. The molecule has 0 fully saturated rings. The topological polar surface area (TPSA) is 59.1 Å². The van der Waals surface area contributed by atoms with Crippen molar-refractivity contribution in [1.29, 1.82) is 0 Å². The van der Waals surface area contributed by atoms with Gasteiger partial charge in [-0.2, -0.15) is 0 Å². The van der Waals surface area contributed by atoms with Gasteiger partial charge in [0.25, 0.3) is 11.8 Å². The summed E-state index contributed by atoms with van der Waals surface area (Å²) in [7, 11) is 0. The highest BCUT2D eigenvalue weighted by molar-refractivity contribution is 7.27. The molecule has 0 bridgehead atoms. The van der Waals surface area contributed by atoms with E-state index < -0.39 is 0 Å². The van der Waals surface area contributed by atoms with Crippen LogP contribution in [0, 0.1) is 25.7 Å². The summed E-state index contributed by atoms with van der Waals surface area (Å²) in [6.45, 7) is 20.8. The molecule has 7 rings (SSSR count). The van der Waals surface area contributed by atoms with Crippen LogP contribution < -0.4 is 9.47 Å². The van der Waals surface area contributed by atoms with Gasteiger partial charge in [-0.15, -0.1) is 45.3 Å². The molecule has 6 heterocycles. The third-order valence-corrected chi connectivity index (χ3v) is 22.8. The van der Waals surface area contributed by atoms with E-state index in [9.17, 15) is 0 Å². The minimum Gasteiger partial charge on any atom is -0.491 e. The molecule has 2 aliphatic heterocycles. The number of hydrogen-bond acceptors (Lipinski definition) is 8. The first-order valence-corrected chi connectivity index (χ1v) is 39.3. The number of carbonyl (C=O) groups is 2. The summed E-state index contributed by atoms with van der Waals surface area (Å²) in [5.74, 6) is 2.82. The number of carbonyl (C=O) groups excluding carboxylic acids is 2. The second kappa shape index (κ2) is 40.1. The molecule has 4 aromatic heterocycles. The van der Waals surface area contributed by atoms with Gasteiger partial charge in [-0.1, -0.05) is 234 Å². The van der Waals surface area contributed by atoms with Crippen molar-refractivity contribution in [3.63, 3.8) is 0 Å². The first-order chi connectivity index (χ1) is 43.1. The van der Waals surface area contributed by atoms with E-state index in [0.29, 0.717) is 49.3 Å². The van der Waals surface area contributed by atoms with Crippen LogP contribution in [-0.4, -0.2) is 47.9 Å². The van der Waals surface area contributed by atoms with Crippen molar-refractivity contribution in [3.8, 4) is 21.3 Å². The Morgan fingerprint density at radius 3 is 1.22 bits per heavy atom. The van der Waals surface area contributed by atoms with Gasteiger partial charge in [0.1, 0.15) is 11.5 Å². The number of benzene rings is 1. The van der Waals surface area contributed by atoms with Crippen molar-refractivity contribution in [3.05, 3.63) is 90.6 Å². The van der Waals surface area contributed by atoms with Gasteiger partial charge in [0.2, 0.25) is 0 Å². The van der Waals surface area contributed by atoms with Gasteiger partial charge in [0, 0.05) is 53.1 Å². The quantitative estimate of drug-likeness (QED) is 0.0364. The molecule has 2 unspecified atom stereocenters. The third-order valence-electron chi connectivity index (χ3n) is 18.4. The lowest BCUT2D eigenvalue weighted by atomic mass is 9.94. The van der Waals surface area contributed by atoms with Crippen LogP contribution in [0.4, 0.5) is 0 Å². The number of rotatable bonds is 49. The number of thiophene rings is 4. The van der Waals surface area contributed by atoms with E-state index >= 15 is 9.59 Å². The number of nitrogens with zero attached hydrogens (tertiary/aromatic N) is 2. The molecule has 2 aliphatic rings. The van der Waals surface area contributed by atoms with Gasteiger partial charge in [0.15, 0.2) is 0 Å². The van der Waals surface area contributed by atoms with Crippen molar-refractivity contribution in [1.82, 2.24) is 9.80 Å². The lowest BCUT2D eigenvalue weighted by Gasteiger charge is -2.27. The Labute approximate surface area is 551 Å². The predicted molar refractivity (Wildman–Crippen MR) is 388 cm³/mol. The normalized spacial score (nSPS) is 14.5. The summed E-state index contributed by atoms with van der Waals surface area (Å²) < 4.78 is 16.3. The molecule has 0 aliphatic carbocycles. The van der Waals surface area contributed by atoms with Crippen molar-refractivity contribution in [2.75, 3.05) is 26.3 Å². The molecule has 1 aromatic carbocycles. The molecule has 2 amide bonds. The maximum absolute atomic E-state index is 15.6. The van der Waals surface area contributed by atoms with E-state index in [2.05, 4.69) is 120 Å². The molecule has 0 spiro atoms. The van der Waals surface area contributed by atoms with E-state index in [4.69, 9.17) is 9.47 Å². The zero-order valence-electron chi connectivity index (χ0n) is 56.4. The largest absolute Gasteiger partial charge is 0.491 e. The maximum Gasteiger partial charge on any atom is 0.260 e. The lowest BCUT2D eigenvalue weighted by molar-refractivity contribution is -0.125. The van der Waals surface area contributed by atoms with Crippen LogP contribution in [0.15, 0.2) is 71.1 Å². The number of aryl methyl sites for hydroxylation is 2. The average Bonchev–Trinajstić information content (AvgIpc) is 1.61. The van der Waals surface area contributed by atoms with Crippen molar-refractivity contribution in [2.45, 2.75) is 287 Å². The molecule has 0 saturated carbocycles. The first kappa shape index (κ1) is 71.5. The van der Waals surface area contributed by atoms with E-state index in [1.54, 1.807) is 22.7 Å². The van der Waals surface area contributed by atoms with E-state index in [-0.39, 0.29) is 11.8 Å². The van der Waals surface area contributed by atoms with E-state index in [0.717, 1.165) is 102 Å². The van der Waals surface area contributed by atoms with E-state index in [1.165, 1.54) is 201 Å². The summed E-state index contributed by atoms with van der Waals surface area (Å²) in [6, 6.07) is 13.5. The summed E-state index contributed by atoms with van der Waals surface area (Å²) >= 11 is 7.19. The van der Waals surface area contributed by atoms with E-state index in [1.807, 2.05) is 28.7 Å². The van der Waals surface area contributed by atoms with Gasteiger partial charge >= 0.3 is 0 Å². The maximum atomic E-state index is 15.6. The number of hydrogen-bond donors (Lipinski definition) is 0. The monoisotopic (exact) mass is 1270 g/mol. The molecule has 2 atom stereocenters. The summed E-state index contributed by atoms with van der Waals surface area (Å²) in [6.07, 6.45) is 52.9. The minimum absolute atomic E-state index is 0.0342. The molecule has 0 N–H and O–H groups in total. The molecular weight excluding hydrogens is 1160 g/mol. The van der Waals surface area contributed by atoms with Crippen LogP contribution in [0.5, 0.6) is 11.5 Å². The Kier molecular flexibility index (Phi) is 32.6. The van der Waals surface area contributed by atoms with Gasteiger partial charge in [-0.05, 0) is 125 Å². The predicted octanol–water partition coefficient (Wildman–Crippen LogP) is 25.6. The fourth-order valence-electron chi connectivity index (χ4n) is 13.2. The second-order valence-electron chi connectivity index (χ2n) is 26.1. The summed E-state index contributed by atoms with van der Waals surface area (Å²) in [4.78, 5) is 42.2. The van der Waals surface area contributed by atoms with Crippen LogP contribution in [0.2, 0.25) is 0 Å². The van der Waals surface area contributed by atoms with Gasteiger partial charge in [-0.3, -0.25) is 9.59 Å². The Bertz CT molecular complexity index is 2900. The van der Waals surface area contributed by atoms with Gasteiger partial charge in [0.05, 0.1) is 45.2 Å². The van der Waals surface area contributed by atoms with Crippen molar-refractivity contribution < 1.29 is 19.1 Å². The molecule has 0 radical (unpaired) electrons. The Balaban J connectivity index is 1.22. The van der Waals surface area contributed by atoms with Crippen LogP contribution in [-0.2, 0) is 9.59 Å². The summed E-state index contributed by atoms with van der Waals surface area (Å²) in [5.41, 5.74) is 2.98.